The zero-order valence-corrected chi connectivity index (χ0v) is 13.3. The van der Waals surface area contributed by atoms with Crippen LogP contribution in [0, 0.1) is 11.7 Å². The first kappa shape index (κ1) is 16.8. The third-order valence-corrected chi connectivity index (χ3v) is 3.24. The van der Waals surface area contributed by atoms with Crippen molar-refractivity contribution in [3.8, 4) is 5.75 Å². The van der Waals surface area contributed by atoms with Crippen molar-refractivity contribution in [2.24, 2.45) is 11.7 Å². The first-order chi connectivity index (χ1) is 11.0. The average molecular weight is 316 g/mol. The summed E-state index contributed by atoms with van der Waals surface area (Å²) in [5.74, 6) is 0.143. The van der Waals surface area contributed by atoms with Gasteiger partial charge >= 0.3 is 0 Å². The van der Waals surface area contributed by atoms with Crippen LogP contribution in [0.15, 0.2) is 42.5 Å². The van der Waals surface area contributed by atoms with Gasteiger partial charge < -0.3 is 15.8 Å². The van der Waals surface area contributed by atoms with E-state index < -0.39 is 11.7 Å². The predicted molar refractivity (Wildman–Crippen MR) is 89.0 cm³/mol. The summed E-state index contributed by atoms with van der Waals surface area (Å²) in [6, 6.07) is 11.6. The maximum Gasteiger partial charge on any atom is 0.250 e. The summed E-state index contributed by atoms with van der Waals surface area (Å²) in [7, 11) is 0. The van der Waals surface area contributed by atoms with Gasteiger partial charge in [0.1, 0.15) is 11.6 Å². The van der Waals surface area contributed by atoms with Crippen molar-refractivity contribution in [2.75, 3.05) is 11.9 Å². The van der Waals surface area contributed by atoms with Gasteiger partial charge in [-0.1, -0.05) is 26.0 Å². The van der Waals surface area contributed by atoms with Crippen molar-refractivity contribution >= 4 is 11.6 Å². The molecule has 0 unspecified atom stereocenters. The lowest BCUT2D eigenvalue weighted by Crippen LogP contribution is -2.14. The molecule has 5 heteroatoms. The SMILES string of the molecule is CC(C)COc1ccc(CNc2ccc(F)cc2C(N)=O)cc1. The minimum Gasteiger partial charge on any atom is -0.493 e. The summed E-state index contributed by atoms with van der Waals surface area (Å²) in [5.41, 5.74) is 6.94. The highest BCUT2D eigenvalue weighted by atomic mass is 19.1. The monoisotopic (exact) mass is 316 g/mol. The Morgan fingerprint density at radius 3 is 2.52 bits per heavy atom. The molecule has 0 aliphatic heterocycles. The number of nitrogens with two attached hydrogens (primary N) is 1. The van der Waals surface area contributed by atoms with Crippen molar-refractivity contribution in [1.82, 2.24) is 0 Å². The molecule has 2 aromatic carbocycles. The first-order valence-electron chi connectivity index (χ1n) is 7.50. The molecule has 0 aliphatic carbocycles. The zero-order chi connectivity index (χ0) is 16.8. The Bertz CT molecular complexity index is 669. The summed E-state index contributed by atoms with van der Waals surface area (Å²) in [6.07, 6.45) is 0. The van der Waals surface area contributed by atoms with Gasteiger partial charge in [0.2, 0.25) is 0 Å². The van der Waals surface area contributed by atoms with Gasteiger partial charge in [-0.2, -0.15) is 0 Å². The Balaban J connectivity index is 2.00. The Morgan fingerprint density at radius 1 is 1.22 bits per heavy atom. The fraction of sp³-hybridized carbons (Fsp3) is 0.278. The summed E-state index contributed by atoms with van der Waals surface area (Å²) in [5, 5.41) is 3.10. The summed E-state index contributed by atoms with van der Waals surface area (Å²) in [4.78, 5) is 11.4. The number of nitrogens with one attached hydrogen (secondary N) is 1. The van der Waals surface area contributed by atoms with Crippen molar-refractivity contribution in [2.45, 2.75) is 20.4 Å². The van der Waals surface area contributed by atoms with E-state index in [2.05, 4.69) is 19.2 Å². The quantitative estimate of drug-likeness (QED) is 0.820. The Kier molecular flexibility index (Phi) is 5.57. The molecule has 0 spiro atoms. The van der Waals surface area contributed by atoms with Gasteiger partial charge in [-0.3, -0.25) is 4.79 Å². The molecule has 0 atom stereocenters. The smallest absolute Gasteiger partial charge is 0.250 e. The Morgan fingerprint density at radius 2 is 1.91 bits per heavy atom. The van der Waals surface area contributed by atoms with E-state index in [9.17, 15) is 9.18 Å². The number of amides is 1. The van der Waals surface area contributed by atoms with Crippen molar-refractivity contribution in [3.63, 3.8) is 0 Å². The second-order valence-corrected chi connectivity index (χ2v) is 5.76. The molecule has 122 valence electrons. The summed E-state index contributed by atoms with van der Waals surface area (Å²) < 4.78 is 18.8. The van der Waals surface area contributed by atoms with Gasteiger partial charge in [0.05, 0.1) is 12.2 Å². The van der Waals surface area contributed by atoms with E-state index in [1.807, 2.05) is 24.3 Å². The number of anilines is 1. The highest BCUT2D eigenvalue weighted by Crippen LogP contribution is 2.19. The average Bonchev–Trinajstić information content (AvgIpc) is 2.52. The van der Waals surface area contributed by atoms with Crippen LogP contribution in [0.3, 0.4) is 0 Å². The summed E-state index contributed by atoms with van der Waals surface area (Å²) >= 11 is 0. The van der Waals surface area contributed by atoms with E-state index in [0.29, 0.717) is 24.8 Å². The second-order valence-electron chi connectivity index (χ2n) is 5.76. The normalized spacial score (nSPS) is 10.6. The van der Waals surface area contributed by atoms with Crippen LogP contribution < -0.4 is 15.8 Å². The molecular weight excluding hydrogens is 295 g/mol. The Labute approximate surface area is 135 Å². The standard InChI is InChI=1S/C18H21FN2O2/c1-12(2)11-23-15-6-3-13(4-7-15)10-21-17-8-5-14(19)9-16(17)18(20)22/h3-9,12,21H,10-11H2,1-2H3,(H2,20,22). The zero-order valence-electron chi connectivity index (χ0n) is 13.3. The molecule has 0 bridgehead atoms. The maximum atomic E-state index is 13.2. The molecule has 0 radical (unpaired) electrons. The topological polar surface area (TPSA) is 64.3 Å². The molecular formula is C18H21FN2O2. The van der Waals surface area contributed by atoms with Gasteiger partial charge in [0.25, 0.3) is 5.91 Å². The van der Waals surface area contributed by atoms with E-state index in [-0.39, 0.29) is 5.56 Å². The van der Waals surface area contributed by atoms with Gasteiger partial charge in [0.15, 0.2) is 0 Å². The fourth-order valence-electron chi connectivity index (χ4n) is 2.04. The van der Waals surface area contributed by atoms with Crippen LogP contribution >= 0.6 is 0 Å². The van der Waals surface area contributed by atoms with Crippen LogP contribution in [-0.4, -0.2) is 12.5 Å². The first-order valence-corrected chi connectivity index (χ1v) is 7.50. The minimum atomic E-state index is -0.663. The maximum absolute atomic E-state index is 13.2. The van der Waals surface area contributed by atoms with Crippen LogP contribution in [0.1, 0.15) is 29.8 Å². The minimum absolute atomic E-state index is 0.141. The molecule has 0 heterocycles. The molecule has 2 rings (SSSR count). The van der Waals surface area contributed by atoms with Gasteiger partial charge in [-0.25, -0.2) is 4.39 Å². The number of benzene rings is 2. The van der Waals surface area contributed by atoms with Crippen molar-refractivity contribution in [1.29, 1.82) is 0 Å². The third-order valence-electron chi connectivity index (χ3n) is 3.24. The number of hydrogen-bond acceptors (Lipinski definition) is 3. The lowest BCUT2D eigenvalue weighted by Gasteiger charge is -2.12. The highest BCUT2D eigenvalue weighted by molar-refractivity contribution is 5.98. The van der Waals surface area contributed by atoms with Gasteiger partial charge in [-0.05, 0) is 41.8 Å². The number of halogens is 1. The lowest BCUT2D eigenvalue weighted by atomic mass is 10.1. The molecule has 0 aliphatic rings. The molecule has 0 fully saturated rings. The van der Waals surface area contributed by atoms with Gasteiger partial charge in [-0.15, -0.1) is 0 Å². The lowest BCUT2D eigenvalue weighted by molar-refractivity contribution is 0.100. The number of rotatable bonds is 7. The van der Waals surface area contributed by atoms with E-state index in [1.54, 1.807) is 0 Å². The van der Waals surface area contributed by atoms with E-state index in [1.165, 1.54) is 12.1 Å². The van der Waals surface area contributed by atoms with Crippen LogP contribution in [0.4, 0.5) is 10.1 Å². The van der Waals surface area contributed by atoms with Crippen LogP contribution in [-0.2, 0) is 6.54 Å². The molecule has 2 aromatic rings. The molecule has 1 amide bonds. The Hall–Kier alpha value is -2.56. The van der Waals surface area contributed by atoms with Crippen LogP contribution in [0.25, 0.3) is 0 Å². The third kappa shape index (κ3) is 4.98. The molecule has 0 aromatic heterocycles. The number of carbonyl (C=O) groups is 1. The highest BCUT2D eigenvalue weighted by Gasteiger charge is 2.09. The summed E-state index contributed by atoms with van der Waals surface area (Å²) in [6.45, 7) is 5.36. The molecule has 0 saturated carbocycles. The molecule has 23 heavy (non-hydrogen) atoms. The van der Waals surface area contributed by atoms with E-state index in [0.717, 1.165) is 17.4 Å². The van der Waals surface area contributed by atoms with E-state index >= 15 is 0 Å². The van der Waals surface area contributed by atoms with Crippen molar-refractivity contribution < 1.29 is 13.9 Å². The van der Waals surface area contributed by atoms with Crippen molar-refractivity contribution in [3.05, 3.63) is 59.4 Å². The predicted octanol–water partition coefficient (Wildman–Crippen LogP) is 3.57. The molecule has 0 saturated heterocycles. The number of carbonyl (C=O) groups excluding carboxylic acids is 1. The van der Waals surface area contributed by atoms with Gasteiger partial charge in [0, 0.05) is 12.2 Å². The van der Waals surface area contributed by atoms with Crippen LogP contribution in [0.5, 0.6) is 5.75 Å². The number of ether oxygens (including phenoxy) is 1. The molecule has 4 nitrogen and oxygen atoms in total. The van der Waals surface area contributed by atoms with E-state index in [4.69, 9.17) is 10.5 Å². The largest absolute Gasteiger partial charge is 0.493 e. The molecule has 3 N–H and O–H groups in total. The number of primary amides is 1. The second kappa shape index (κ2) is 7.63. The van der Waals surface area contributed by atoms with Crippen LogP contribution in [0.2, 0.25) is 0 Å². The fourth-order valence-corrected chi connectivity index (χ4v) is 2.04. The number of hydrogen-bond donors (Lipinski definition) is 2.